The lowest BCUT2D eigenvalue weighted by Gasteiger charge is -2.26. The number of aromatic nitrogens is 4. The molecule has 1 aliphatic heterocycles. The Labute approximate surface area is 185 Å². The van der Waals surface area contributed by atoms with Gasteiger partial charge in [-0.25, -0.2) is 14.6 Å². The molecule has 4 rings (SSSR count). The zero-order valence-corrected chi connectivity index (χ0v) is 18.7. The van der Waals surface area contributed by atoms with E-state index in [9.17, 15) is 4.79 Å². The fourth-order valence-corrected chi connectivity index (χ4v) is 3.75. The van der Waals surface area contributed by atoms with Gasteiger partial charge in [0.2, 0.25) is 5.91 Å². The third-order valence-electron chi connectivity index (χ3n) is 5.46. The van der Waals surface area contributed by atoms with Crippen molar-refractivity contribution in [3.05, 3.63) is 35.8 Å². The summed E-state index contributed by atoms with van der Waals surface area (Å²) in [6.07, 6.45) is 2.38. The fraction of sp³-hybridized carbons (Fsp3) is 0.455. The first kappa shape index (κ1) is 22.1. The number of fused-ring (bicyclic) bond motifs is 1. The summed E-state index contributed by atoms with van der Waals surface area (Å²) in [5, 5.41) is 8.26. The van der Waals surface area contributed by atoms with Crippen molar-refractivity contribution in [3.8, 4) is 11.6 Å². The highest BCUT2D eigenvalue weighted by Gasteiger charge is 2.39. The van der Waals surface area contributed by atoms with Gasteiger partial charge in [-0.1, -0.05) is 0 Å². The van der Waals surface area contributed by atoms with Crippen LogP contribution in [-0.4, -0.2) is 66.3 Å². The van der Waals surface area contributed by atoms with Crippen LogP contribution in [0.15, 0.2) is 24.4 Å². The smallest absolute Gasteiger partial charge is 0.222 e. The van der Waals surface area contributed by atoms with E-state index < -0.39 is 5.60 Å². The maximum Gasteiger partial charge on any atom is 0.222 e. The quantitative estimate of drug-likeness (QED) is 0.531. The minimum absolute atomic E-state index is 0.197. The van der Waals surface area contributed by atoms with Crippen molar-refractivity contribution in [1.29, 1.82) is 0 Å². The van der Waals surface area contributed by atoms with Gasteiger partial charge in [-0.2, -0.15) is 5.10 Å². The Morgan fingerprint density at radius 3 is 2.81 bits per heavy atom. The van der Waals surface area contributed by atoms with Crippen LogP contribution in [0.4, 0.5) is 5.82 Å². The van der Waals surface area contributed by atoms with E-state index in [1.54, 1.807) is 31.2 Å². The number of nitrogens with one attached hydrogen (secondary N) is 1. The molecule has 0 unspecified atom stereocenters. The minimum atomic E-state index is -0.656. The number of aryl methyl sites for hydroxylation is 1. The molecule has 3 aromatic heterocycles. The number of hydrogen-bond acceptors (Lipinski definition) is 8. The van der Waals surface area contributed by atoms with Gasteiger partial charge in [0.05, 0.1) is 30.1 Å². The molecule has 32 heavy (non-hydrogen) atoms. The molecule has 3 aromatic rings. The first-order chi connectivity index (χ1) is 15.5. The lowest BCUT2D eigenvalue weighted by Crippen LogP contribution is -2.30. The fourth-order valence-electron chi connectivity index (χ4n) is 3.75. The van der Waals surface area contributed by atoms with Crippen molar-refractivity contribution < 1.29 is 23.7 Å². The van der Waals surface area contributed by atoms with Crippen LogP contribution in [0.5, 0.6) is 5.75 Å². The first-order valence-electron chi connectivity index (χ1n) is 10.4. The number of anilines is 1. The van der Waals surface area contributed by atoms with Crippen LogP contribution < -0.4 is 10.1 Å². The molecule has 0 saturated carbocycles. The molecular formula is C22H27N5O5. The number of pyridine rings is 2. The molecule has 0 radical (unpaired) electrons. The van der Waals surface area contributed by atoms with Crippen molar-refractivity contribution in [2.45, 2.75) is 25.9 Å². The number of carbonyl (C=O) groups excluding carboxylic acids is 1. The number of ether oxygens (including phenoxy) is 4. The van der Waals surface area contributed by atoms with Crippen molar-refractivity contribution in [2.24, 2.45) is 0 Å². The lowest BCUT2D eigenvalue weighted by molar-refractivity contribution is -0.114. The lowest BCUT2D eigenvalue weighted by atomic mass is 9.97. The zero-order chi connectivity index (χ0) is 22.7. The predicted octanol–water partition coefficient (Wildman–Crippen LogP) is 2.37. The number of hydrogen-bond donors (Lipinski definition) is 1. The van der Waals surface area contributed by atoms with Gasteiger partial charge >= 0.3 is 0 Å². The van der Waals surface area contributed by atoms with E-state index in [0.717, 1.165) is 16.6 Å². The Kier molecular flexibility index (Phi) is 6.35. The molecular weight excluding hydrogens is 414 g/mol. The van der Waals surface area contributed by atoms with Gasteiger partial charge in [0.15, 0.2) is 5.82 Å². The number of carbonyl (C=O) groups is 1. The van der Waals surface area contributed by atoms with Crippen LogP contribution in [0, 0.1) is 6.92 Å². The standard InChI is InChI=1S/C22H27N5O5/c1-14-17-12-23-20(24-15(2)28)11-18(17)27(26-14)21-10-16(32-8-7-29-3)9-19(25-21)22(30-4)5-6-31-13-22/h9-12H,5-8,13H2,1-4H3,(H,23,24,28)/t22-/m1/s1. The predicted molar refractivity (Wildman–Crippen MR) is 117 cm³/mol. The van der Waals surface area contributed by atoms with Crippen LogP contribution in [-0.2, 0) is 24.6 Å². The molecule has 1 saturated heterocycles. The normalized spacial score (nSPS) is 18.2. The van der Waals surface area contributed by atoms with Crippen molar-refractivity contribution >= 4 is 22.6 Å². The van der Waals surface area contributed by atoms with Crippen LogP contribution in [0.25, 0.3) is 16.7 Å². The first-order valence-corrected chi connectivity index (χ1v) is 10.4. The van der Waals surface area contributed by atoms with Gasteiger partial charge in [0, 0.05) is 64.0 Å². The Morgan fingerprint density at radius 1 is 1.28 bits per heavy atom. The molecule has 1 fully saturated rings. The molecule has 4 heterocycles. The monoisotopic (exact) mass is 441 g/mol. The summed E-state index contributed by atoms with van der Waals surface area (Å²) in [5.74, 6) is 1.44. The van der Waals surface area contributed by atoms with Crippen molar-refractivity contribution in [3.63, 3.8) is 0 Å². The molecule has 0 spiro atoms. The van der Waals surface area contributed by atoms with Gasteiger partial charge in [-0.05, 0) is 6.92 Å². The summed E-state index contributed by atoms with van der Waals surface area (Å²) in [6.45, 7) is 5.20. The van der Waals surface area contributed by atoms with Crippen molar-refractivity contribution in [1.82, 2.24) is 19.7 Å². The third-order valence-corrected chi connectivity index (χ3v) is 5.46. The second-order valence-electron chi connectivity index (χ2n) is 7.65. The average molecular weight is 441 g/mol. The van der Waals surface area contributed by atoms with E-state index >= 15 is 0 Å². The number of amides is 1. The number of nitrogens with zero attached hydrogens (tertiary/aromatic N) is 4. The number of rotatable bonds is 8. The molecule has 0 aliphatic carbocycles. The van der Waals surface area contributed by atoms with E-state index in [1.807, 2.05) is 19.1 Å². The van der Waals surface area contributed by atoms with E-state index in [0.29, 0.717) is 55.9 Å². The Hall–Kier alpha value is -3.08. The second kappa shape index (κ2) is 9.19. The number of methoxy groups -OCH3 is 2. The van der Waals surface area contributed by atoms with E-state index in [4.69, 9.17) is 23.9 Å². The molecule has 1 amide bonds. The molecule has 1 N–H and O–H groups in total. The Bertz CT molecular complexity index is 1120. The summed E-state index contributed by atoms with van der Waals surface area (Å²) in [7, 11) is 3.29. The van der Waals surface area contributed by atoms with E-state index in [1.165, 1.54) is 6.92 Å². The summed E-state index contributed by atoms with van der Waals surface area (Å²) in [5.41, 5.74) is 1.61. The highest BCUT2D eigenvalue weighted by Crippen LogP contribution is 2.35. The van der Waals surface area contributed by atoms with Crippen LogP contribution in [0.3, 0.4) is 0 Å². The molecule has 10 nitrogen and oxygen atoms in total. The summed E-state index contributed by atoms with van der Waals surface area (Å²) < 4.78 is 24.2. The van der Waals surface area contributed by atoms with Gasteiger partial charge in [0.25, 0.3) is 0 Å². The highest BCUT2D eigenvalue weighted by molar-refractivity contribution is 5.91. The summed E-state index contributed by atoms with van der Waals surface area (Å²) >= 11 is 0. The molecule has 0 bridgehead atoms. The largest absolute Gasteiger partial charge is 0.491 e. The van der Waals surface area contributed by atoms with E-state index in [2.05, 4.69) is 15.4 Å². The van der Waals surface area contributed by atoms with Crippen molar-refractivity contribution in [2.75, 3.05) is 46.0 Å². The SMILES string of the molecule is COCCOc1cc(-n2nc(C)c3cnc(NC(C)=O)cc32)nc([C@@]2(OC)CCOC2)c1. The van der Waals surface area contributed by atoms with Crippen LogP contribution >= 0.6 is 0 Å². The molecule has 1 atom stereocenters. The van der Waals surface area contributed by atoms with Crippen LogP contribution in [0.1, 0.15) is 24.7 Å². The topological polar surface area (TPSA) is 110 Å². The van der Waals surface area contributed by atoms with E-state index in [-0.39, 0.29) is 5.91 Å². The highest BCUT2D eigenvalue weighted by atomic mass is 16.6. The Balaban J connectivity index is 1.84. The maximum absolute atomic E-state index is 11.5. The van der Waals surface area contributed by atoms with Gasteiger partial charge in [-0.3, -0.25) is 4.79 Å². The summed E-state index contributed by atoms with van der Waals surface area (Å²) in [4.78, 5) is 20.7. The van der Waals surface area contributed by atoms with Gasteiger partial charge in [0.1, 0.15) is 23.8 Å². The van der Waals surface area contributed by atoms with Gasteiger partial charge < -0.3 is 24.3 Å². The molecule has 0 aromatic carbocycles. The Morgan fingerprint density at radius 2 is 2.12 bits per heavy atom. The summed E-state index contributed by atoms with van der Waals surface area (Å²) in [6, 6.07) is 5.48. The second-order valence-corrected chi connectivity index (χ2v) is 7.65. The average Bonchev–Trinajstić information content (AvgIpc) is 3.39. The zero-order valence-electron chi connectivity index (χ0n) is 18.7. The maximum atomic E-state index is 11.5. The van der Waals surface area contributed by atoms with Gasteiger partial charge in [-0.15, -0.1) is 0 Å². The molecule has 10 heteroatoms. The minimum Gasteiger partial charge on any atom is -0.491 e. The van der Waals surface area contributed by atoms with Crippen LogP contribution in [0.2, 0.25) is 0 Å². The molecule has 1 aliphatic rings. The third kappa shape index (κ3) is 4.29. The molecule has 170 valence electrons.